The first-order valence-electron chi connectivity index (χ1n) is 7.45. The summed E-state index contributed by atoms with van der Waals surface area (Å²) < 4.78 is 7.26. The normalized spacial score (nSPS) is 21.0. The second kappa shape index (κ2) is 5.22. The molecule has 3 rings (SSSR count). The van der Waals surface area contributed by atoms with Crippen molar-refractivity contribution in [3.8, 4) is 0 Å². The highest BCUT2D eigenvalue weighted by atomic mass is 16.5. The van der Waals surface area contributed by atoms with Gasteiger partial charge < -0.3 is 9.30 Å². The fraction of sp³-hybridized carbons (Fsp3) is 0.714. The molecular formula is C14H20N4O3. The summed E-state index contributed by atoms with van der Waals surface area (Å²) in [5.41, 5.74) is -0.523. The van der Waals surface area contributed by atoms with Gasteiger partial charge in [-0.2, -0.15) is 0 Å². The molecule has 1 saturated heterocycles. The van der Waals surface area contributed by atoms with Crippen LogP contribution in [0.5, 0.6) is 0 Å². The number of amides is 2. The smallest absolute Gasteiger partial charge is 0.236 e. The summed E-state index contributed by atoms with van der Waals surface area (Å²) in [7, 11) is 0. The van der Waals surface area contributed by atoms with Crippen molar-refractivity contribution in [1.29, 1.82) is 0 Å². The number of hydrogen-bond donors (Lipinski definition) is 0. The van der Waals surface area contributed by atoms with E-state index in [2.05, 4.69) is 10.2 Å². The van der Waals surface area contributed by atoms with Gasteiger partial charge in [0.1, 0.15) is 6.61 Å². The van der Waals surface area contributed by atoms with E-state index in [9.17, 15) is 9.59 Å². The minimum absolute atomic E-state index is 0.0677. The number of imide groups is 1. The number of aromatic nitrogens is 3. The van der Waals surface area contributed by atoms with Crippen LogP contribution in [0.25, 0.3) is 0 Å². The SMILES string of the molecule is CCC1(CC)CC(=O)N(Cc2nnc3n2CCOC3)C1=O. The van der Waals surface area contributed by atoms with Crippen LogP contribution in [-0.4, -0.2) is 38.1 Å². The number of carbonyl (C=O) groups is 2. The third-order valence-electron chi connectivity index (χ3n) is 4.74. The van der Waals surface area contributed by atoms with Crippen molar-refractivity contribution in [1.82, 2.24) is 19.7 Å². The van der Waals surface area contributed by atoms with Crippen LogP contribution < -0.4 is 0 Å². The number of rotatable bonds is 4. The fourth-order valence-electron chi connectivity index (χ4n) is 3.14. The molecule has 0 bridgehead atoms. The van der Waals surface area contributed by atoms with E-state index in [1.807, 2.05) is 18.4 Å². The van der Waals surface area contributed by atoms with Crippen LogP contribution in [0.2, 0.25) is 0 Å². The minimum Gasteiger partial charge on any atom is -0.372 e. The van der Waals surface area contributed by atoms with Crippen molar-refractivity contribution in [2.75, 3.05) is 6.61 Å². The lowest BCUT2D eigenvalue weighted by atomic mass is 9.81. The Morgan fingerprint density at radius 1 is 1.24 bits per heavy atom. The average Bonchev–Trinajstić information content (AvgIpc) is 3.02. The van der Waals surface area contributed by atoms with Gasteiger partial charge in [-0.1, -0.05) is 13.8 Å². The van der Waals surface area contributed by atoms with Crippen molar-refractivity contribution in [2.45, 2.75) is 52.8 Å². The Kier molecular flexibility index (Phi) is 3.52. The molecule has 114 valence electrons. The molecule has 0 atom stereocenters. The van der Waals surface area contributed by atoms with Gasteiger partial charge in [-0.3, -0.25) is 14.5 Å². The first-order chi connectivity index (χ1) is 10.1. The molecule has 1 fully saturated rings. The molecule has 0 aliphatic carbocycles. The van der Waals surface area contributed by atoms with Gasteiger partial charge in [-0.25, -0.2) is 0 Å². The molecule has 2 aliphatic heterocycles. The lowest BCUT2D eigenvalue weighted by Crippen LogP contribution is -2.35. The molecule has 0 N–H and O–H groups in total. The number of carbonyl (C=O) groups excluding carboxylic acids is 2. The molecule has 0 unspecified atom stereocenters. The third kappa shape index (κ3) is 2.16. The summed E-state index contributed by atoms with van der Waals surface area (Å²) >= 11 is 0. The first-order valence-corrected chi connectivity index (χ1v) is 7.45. The maximum atomic E-state index is 12.6. The summed E-state index contributed by atoms with van der Waals surface area (Å²) in [5.74, 6) is 1.25. The van der Waals surface area contributed by atoms with Crippen LogP contribution >= 0.6 is 0 Å². The highest BCUT2D eigenvalue weighted by molar-refractivity contribution is 6.05. The number of ether oxygens (including phenoxy) is 1. The standard InChI is InChI=1S/C14H20N4O3/c1-3-14(4-2)7-12(19)18(13(14)20)8-10-15-16-11-9-21-6-5-17(10)11/h3-9H2,1-2H3. The van der Waals surface area contributed by atoms with Gasteiger partial charge in [-0.15, -0.1) is 10.2 Å². The van der Waals surface area contributed by atoms with Gasteiger partial charge in [-0.05, 0) is 12.8 Å². The second-order valence-corrected chi connectivity index (χ2v) is 5.69. The van der Waals surface area contributed by atoms with Gasteiger partial charge in [0.05, 0.1) is 18.6 Å². The molecule has 0 saturated carbocycles. The van der Waals surface area contributed by atoms with Gasteiger partial charge in [0, 0.05) is 13.0 Å². The van der Waals surface area contributed by atoms with Crippen molar-refractivity contribution < 1.29 is 14.3 Å². The average molecular weight is 292 g/mol. The highest BCUT2D eigenvalue weighted by Gasteiger charge is 2.49. The molecule has 0 radical (unpaired) electrons. The lowest BCUT2D eigenvalue weighted by molar-refractivity contribution is -0.142. The number of hydrogen-bond acceptors (Lipinski definition) is 5. The second-order valence-electron chi connectivity index (χ2n) is 5.69. The van der Waals surface area contributed by atoms with E-state index >= 15 is 0 Å². The number of nitrogens with zero attached hydrogens (tertiary/aromatic N) is 4. The Balaban J connectivity index is 1.84. The molecule has 2 amide bonds. The summed E-state index contributed by atoms with van der Waals surface area (Å²) in [6.07, 6.45) is 1.69. The van der Waals surface area contributed by atoms with Gasteiger partial charge in [0.15, 0.2) is 11.6 Å². The van der Waals surface area contributed by atoms with Crippen molar-refractivity contribution >= 4 is 11.8 Å². The predicted molar refractivity (Wildman–Crippen MR) is 72.9 cm³/mol. The molecule has 0 spiro atoms. The van der Waals surface area contributed by atoms with E-state index in [-0.39, 0.29) is 18.4 Å². The molecule has 3 heterocycles. The Morgan fingerprint density at radius 2 is 2.00 bits per heavy atom. The molecule has 7 heteroatoms. The maximum Gasteiger partial charge on any atom is 0.236 e. The molecule has 7 nitrogen and oxygen atoms in total. The quantitative estimate of drug-likeness (QED) is 0.770. The molecular weight excluding hydrogens is 272 g/mol. The summed E-state index contributed by atoms with van der Waals surface area (Å²) in [4.78, 5) is 26.2. The summed E-state index contributed by atoms with van der Waals surface area (Å²) in [6, 6.07) is 0. The van der Waals surface area contributed by atoms with Crippen molar-refractivity contribution in [2.24, 2.45) is 5.41 Å². The Morgan fingerprint density at radius 3 is 2.67 bits per heavy atom. The first kappa shape index (κ1) is 14.2. The Labute approximate surface area is 123 Å². The number of likely N-dealkylation sites (tertiary alicyclic amines) is 1. The molecule has 0 aromatic carbocycles. The van der Waals surface area contributed by atoms with E-state index in [1.54, 1.807) is 0 Å². The van der Waals surface area contributed by atoms with Crippen LogP contribution in [0.15, 0.2) is 0 Å². The van der Waals surface area contributed by atoms with Gasteiger partial charge >= 0.3 is 0 Å². The summed E-state index contributed by atoms with van der Waals surface area (Å²) in [5, 5.41) is 8.18. The summed E-state index contributed by atoms with van der Waals surface area (Å²) in [6.45, 7) is 5.85. The largest absolute Gasteiger partial charge is 0.372 e. The van der Waals surface area contributed by atoms with E-state index in [0.717, 1.165) is 5.82 Å². The molecule has 2 aliphatic rings. The van der Waals surface area contributed by atoms with Crippen molar-refractivity contribution in [3.05, 3.63) is 11.6 Å². The fourth-order valence-corrected chi connectivity index (χ4v) is 3.14. The highest BCUT2D eigenvalue weighted by Crippen LogP contribution is 2.39. The molecule has 1 aromatic heterocycles. The van der Waals surface area contributed by atoms with Crippen LogP contribution in [0, 0.1) is 5.41 Å². The Bertz CT molecular complexity index is 577. The lowest BCUT2D eigenvalue weighted by Gasteiger charge is -2.23. The van der Waals surface area contributed by atoms with E-state index < -0.39 is 5.41 Å². The third-order valence-corrected chi connectivity index (χ3v) is 4.74. The minimum atomic E-state index is -0.523. The number of fused-ring (bicyclic) bond motifs is 1. The zero-order valence-corrected chi connectivity index (χ0v) is 12.5. The maximum absolute atomic E-state index is 12.6. The zero-order valence-electron chi connectivity index (χ0n) is 12.5. The van der Waals surface area contributed by atoms with Crippen LogP contribution in [-0.2, 0) is 34.0 Å². The Hall–Kier alpha value is -1.76. The van der Waals surface area contributed by atoms with Crippen LogP contribution in [0.1, 0.15) is 44.8 Å². The van der Waals surface area contributed by atoms with Crippen molar-refractivity contribution in [3.63, 3.8) is 0 Å². The van der Waals surface area contributed by atoms with E-state index in [1.165, 1.54) is 4.90 Å². The molecule has 1 aromatic rings. The molecule has 21 heavy (non-hydrogen) atoms. The van der Waals surface area contributed by atoms with Gasteiger partial charge in [0.2, 0.25) is 11.8 Å². The zero-order chi connectivity index (χ0) is 15.0. The van der Waals surface area contributed by atoms with Crippen LogP contribution in [0.4, 0.5) is 0 Å². The predicted octanol–water partition coefficient (Wildman–Crippen LogP) is 0.874. The van der Waals surface area contributed by atoms with E-state index in [0.29, 0.717) is 44.8 Å². The van der Waals surface area contributed by atoms with Crippen LogP contribution in [0.3, 0.4) is 0 Å². The monoisotopic (exact) mass is 292 g/mol. The topological polar surface area (TPSA) is 77.3 Å². The van der Waals surface area contributed by atoms with Gasteiger partial charge in [0.25, 0.3) is 0 Å². The van der Waals surface area contributed by atoms with E-state index in [4.69, 9.17) is 4.74 Å².